The van der Waals surface area contributed by atoms with Gasteiger partial charge in [0.15, 0.2) is 0 Å². The molecule has 0 fully saturated rings. The van der Waals surface area contributed by atoms with Gasteiger partial charge >= 0.3 is 0 Å². The van der Waals surface area contributed by atoms with Crippen LogP contribution >= 0.6 is 15.9 Å². The number of nitrogens with one attached hydrogen (secondary N) is 1. The second-order valence-electron chi connectivity index (χ2n) is 6.38. The first-order chi connectivity index (χ1) is 12.0. The lowest BCUT2D eigenvalue weighted by molar-refractivity contribution is 0.0941. The summed E-state index contributed by atoms with van der Waals surface area (Å²) in [6.45, 7) is 0.543. The van der Waals surface area contributed by atoms with E-state index in [-0.39, 0.29) is 11.9 Å². The van der Waals surface area contributed by atoms with Crippen molar-refractivity contribution in [1.82, 2.24) is 14.8 Å². The summed E-state index contributed by atoms with van der Waals surface area (Å²) in [5.41, 5.74) is 3.06. The number of amides is 1. The van der Waals surface area contributed by atoms with E-state index >= 15 is 0 Å². The van der Waals surface area contributed by atoms with E-state index in [0.29, 0.717) is 12.1 Å². The zero-order valence-electron chi connectivity index (χ0n) is 14.7. The Morgan fingerprint density at radius 1 is 1.16 bits per heavy atom. The molecule has 0 unspecified atom stereocenters. The maximum absolute atomic E-state index is 12.5. The minimum atomic E-state index is -0.0699. The average molecular weight is 400 g/mol. The van der Waals surface area contributed by atoms with E-state index in [0.717, 1.165) is 4.47 Å². The second-order valence-corrected chi connectivity index (χ2v) is 7.24. The molecule has 0 saturated heterocycles. The molecule has 130 valence electrons. The molecule has 2 aromatic carbocycles. The van der Waals surface area contributed by atoms with Crippen LogP contribution in [-0.4, -0.2) is 36.0 Å². The highest BCUT2D eigenvalue weighted by Crippen LogP contribution is 2.28. The number of nitrogens with zero attached hydrogens (tertiary/aromatic N) is 2. The molecule has 0 spiro atoms. The highest BCUT2D eigenvalue weighted by Gasteiger charge is 2.20. The lowest BCUT2D eigenvalue weighted by atomic mass is 10.0. The Bertz CT molecular complexity index is 901. The minimum absolute atomic E-state index is 0.0699. The molecular formula is C20H22BrN3O. The van der Waals surface area contributed by atoms with Gasteiger partial charge in [0.1, 0.15) is 0 Å². The maximum atomic E-state index is 12.5. The standard InChI is InChI=1S/C20H22BrN3O/c1-23(2)19(12-22-20(25)15-9-4-6-10-17(15)21)16-13-24(3)18-11-7-5-8-14(16)18/h4-11,13,19H,12H2,1-3H3,(H,22,25)/t19-/m1/s1. The molecule has 0 aliphatic carbocycles. The number of hydrogen-bond donors (Lipinski definition) is 1. The molecule has 4 nitrogen and oxygen atoms in total. The molecule has 0 aliphatic rings. The van der Waals surface area contributed by atoms with Crippen LogP contribution in [-0.2, 0) is 7.05 Å². The summed E-state index contributed by atoms with van der Waals surface area (Å²) in [6.07, 6.45) is 2.15. The van der Waals surface area contributed by atoms with Crippen molar-refractivity contribution < 1.29 is 4.79 Å². The predicted molar refractivity (Wildman–Crippen MR) is 106 cm³/mol. The van der Waals surface area contributed by atoms with Gasteiger partial charge in [-0.15, -0.1) is 0 Å². The number of rotatable bonds is 5. The molecule has 25 heavy (non-hydrogen) atoms. The van der Waals surface area contributed by atoms with Crippen LogP contribution in [0, 0.1) is 0 Å². The molecule has 1 amide bonds. The quantitative estimate of drug-likeness (QED) is 0.704. The summed E-state index contributed by atoms with van der Waals surface area (Å²) in [6, 6.07) is 15.9. The summed E-state index contributed by atoms with van der Waals surface area (Å²) in [5, 5.41) is 4.29. The minimum Gasteiger partial charge on any atom is -0.350 e. The average Bonchev–Trinajstić information content (AvgIpc) is 2.92. The van der Waals surface area contributed by atoms with Gasteiger partial charge in [0.2, 0.25) is 0 Å². The van der Waals surface area contributed by atoms with Crippen LogP contribution in [0.1, 0.15) is 22.0 Å². The maximum Gasteiger partial charge on any atom is 0.252 e. The lowest BCUT2D eigenvalue weighted by Gasteiger charge is -2.24. The zero-order chi connectivity index (χ0) is 18.0. The highest BCUT2D eigenvalue weighted by molar-refractivity contribution is 9.10. The van der Waals surface area contributed by atoms with Crippen molar-refractivity contribution >= 4 is 32.7 Å². The number of hydrogen-bond acceptors (Lipinski definition) is 2. The topological polar surface area (TPSA) is 37.3 Å². The first kappa shape index (κ1) is 17.7. The van der Waals surface area contributed by atoms with Gasteiger partial charge in [-0.1, -0.05) is 30.3 Å². The van der Waals surface area contributed by atoms with E-state index in [1.807, 2.05) is 44.4 Å². The smallest absolute Gasteiger partial charge is 0.252 e. The van der Waals surface area contributed by atoms with E-state index in [2.05, 4.69) is 62.2 Å². The molecule has 0 bridgehead atoms. The fourth-order valence-corrected chi connectivity index (χ4v) is 3.60. The van der Waals surface area contributed by atoms with Gasteiger partial charge in [0.05, 0.1) is 11.6 Å². The van der Waals surface area contributed by atoms with Gasteiger partial charge in [0.25, 0.3) is 5.91 Å². The fraction of sp³-hybridized carbons (Fsp3) is 0.250. The third kappa shape index (κ3) is 3.62. The van der Waals surface area contributed by atoms with E-state index in [1.165, 1.54) is 16.5 Å². The molecule has 5 heteroatoms. The molecule has 0 aliphatic heterocycles. The fourth-order valence-electron chi connectivity index (χ4n) is 3.14. The number of benzene rings is 2. The Hall–Kier alpha value is -2.11. The molecule has 0 saturated carbocycles. The molecule has 1 N–H and O–H groups in total. The van der Waals surface area contributed by atoms with Crippen molar-refractivity contribution in [3.63, 3.8) is 0 Å². The van der Waals surface area contributed by atoms with E-state index in [4.69, 9.17) is 0 Å². The van der Waals surface area contributed by atoms with E-state index < -0.39 is 0 Å². The number of aromatic nitrogens is 1. The summed E-state index contributed by atoms with van der Waals surface area (Å²) in [4.78, 5) is 14.7. The van der Waals surface area contributed by atoms with Crippen molar-refractivity contribution in [2.45, 2.75) is 6.04 Å². The predicted octanol–water partition coefficient (Wildman–Crippen LogP) is 3.97. The summed E-state index contributed by atoms with van der Waals surface area (Å²) in [5.74, 6) is -0.0699. The van der Waals surface area contributed by atoms with Crippen molar-refractivity contribution in [3.8, 4) is 0 Å². The monoisotopic (exact) mass is 399 g/mol. The number of halogens is 1. The number of fused-ring (bicyclic) bond motifs is 1. The van der Waals surface area contributed by atoms with Gasteiger partial charge in [-0.2, -0.15) is 0 Å². The molecule has 0 radical (unpaired) electrons. The highest BCUT2D eigenvalue weighted by atomic mass is 79.9. The van der Waals surface area contributed by atoms with Crippen LogP contribution in [0.2, 0.25) is 0 Å². The van der Waals surface area contributed by atoms with Gasteiger partial charge in [-0.3, -0.25) is 4.79 Å². The van der Waals surface area contributed by atoms with Crippen LogP contribution in [0.4, 0.5) is 0 Å². The first-order valence-electron chi connectivity index (χ1n) is 8.22. The summed E-state index contributed by atoms with van der Waals surface area (Å²) >= 11 is 3.44. The van der Waals surface area contributed by atoms with Gasteiger partial charge in [0, 0.05) is 35.2 Å². The summed E-state index contributed by atoms with van der Waals surface area (Å²) in [7, 11) is 6.13. The Balaban J connectivity index is 1.85. The first-order valence-corrected chi connectivity index (χ1v) is 9.01. The lowest BCUT2D eigenvalue weighted by Crippen LogP contribution is -2.34. The second kappa shape index (κ2) is 7.42. The molecule has 1 heterocycles. The van der Waals surface area contributed by atoms with Gasteiger partial charge in [-0.25, -0.2) is 0 Å². The van der Waals surface area contributed by atoms with E-state index in [9.17, 15) is 4.79 Å². The van der Waals surface area contributed by atoms with Crippen LogP contribution in [0.15, 0.2) is 59.2 Å². The summed E-state index contributed by atoms with van der Waals surface area (Å²) < 4.78 is 2.94. The molecular weight excluding hydrogens is 378 g/mol. The number of para-hydroxylation sites is 1. The Labute approximate surface area is 156 Å². The largest absolute Gasteiger partial charge is 0.350 e. The number of carbonyl (C=O) groups excluding carboxylic acids is 1. The van der Waals surface area contributed by atoms with Crippen molar-refractivity contribution in [3.05, 3.63) is 70.3 Å². The van der Waals surface area contributed by atoms with Crippen molar-refractivity contribution in [2.75, 3.05) is 20.6 Å². The van der Waals surface area contributed by atoms with Crippen LogP contribution in [0.5, 0.6) is 0 Å². The molecule has 1 atom stereocenters. The third-order valence-corrected chi connectivity index (χ3v) is 5.18. The van der Waals surface area contributed by atoms with Gasteiger partial charge < -0.3 is 14.8 Å². The number of carbonyl (C=O) groups is 1. The molecule has 3 aromatic rings. The molecule has 3 rings (SSSR count). The van der Waals surface area contributed by atoms with Crippen molar-refractivity contribution in [2.24, 2.45) is 7.05 Å². The normalized spacial score (nSPS) is 12.5. The van der Waals surface area contributed by atoms with Gasteiger partial charge in [-0.05, 0) is 53.8 Å². The molecule has 1 aromatic heterocycles. The van der Waals surface area contributed by atoms with Crippen LogP contribution < -0.4 is 5.32 Å². The Kier molecular flexibility index (Phi) is 5.25. The van der Waals surface area contributed by atoms with Crippen molar-refractivity contribution in [1.29, 1.82) is 0 Å². The Morgan fingerprint density at radius 3 is 2.56 bits per heavy atom. The van der Waals surface area contributed by atoms with E-state index in [1.54, 1.807) is 0 Å². The zero-order valence-corrected chi connectivity index (χ0v) is 16.2. The number of likely N-dealkylation sites (N-methyl/N-ethyl adjacent to an activating group) is 1. The van der Waals surface area contributed by atoms with Crippen LogP contribution in [0.25, 0.3) is 10.9 Å². The Morgan fingerprint density at radius 2 is 1.84 bits per heavy atom. The van der Waals surface area contributed by atoms with Crippen LogP contribution in [0.3, 0.4) is 0 Å². The third-order valence-electron chi connectivity index (χ3n) is 4.48. The number of aryl methyl sites for hydroxylation is 1. The SMILES string of the molecule is CN(C)[C@H](CNC(=O)c1ccccc1Br)c1cn(C)c2ccccc12.